The number of aromatic nitrogens is 3. The van der Waals surface area contributed by atoms with Crippen LogP contribution in [0.15, 0.2) is 18.3 Å². The van der Waals surface area contributed by atoms with Gasteiger partial charge in [-0.1, -0.05) is 0 Å². The predicted octanol–water partition coefficient (Wildman–Crippen LogP) is 1.89. The number of pyridine rings is 1. The van der Waals surface area contributed by atoms with Crippen LogP contribution in [0.3, 0.4) is 0 Å². The Labute approximate surface area is 176 Å². The first-order valence-electron chi connectivity index (χ1n) is 10.5. The Morgan fingerprint density at radius 2 is 2.13 bits per heavy atom. The van der Waals surface area contributed by atoms with Gasteiger partial charge >= 0.3 is 0 Å². The Balaban J connectivity index is 1.58. The third-order valence-electron chi connectivity index (χ3n) is 5.15. The maximum Gasteiger partial charge on any atom is 0.239 e. The number of likely N-dealkylation sites (N-methyl/N-ethyl adjacent to an activating group) is 1. The Morgan fingerprint density at radius 1 is 1.33 bits per heavy atom. The number of hydrogen-bond donors (Lipinski definition) is 2. The summed E-state index contributed by atoms with van der Waals surface area (Å²) in [7, 11) is 1.90. The van der Waals surface area contributed by atoms with Gasteiger partial charge in [-0.05, 0) is 52.0 Å². The molecule has 0 atom stereocenters. The highest BCUT2D eigenvalue weighted by molar-refractivity contribution is 5.82. The Kier molecular flexibility index (Phi) is 5.60. The van der Waals surface area contributed by atoms with Gasteiger partial charge in [0.15, 0.2) is 5.82 Å². The van der Waals surface area contributed by atoms with Crippen molar-refractivity contribution >= 4 is 11.7 Å². The summed E-state index contributed by atoms with van der Waals surface area (Å²) < 4.78 is 5.69. The van der Waals surface area contributed by atoms with Crippen LogP contribution in [0.2, 0.25) is 0 Å². The summed E-state index contributed by atoms with van der Waals surface area (Å²) in [4.78, 5) is 28.1. The van der Waals surface area contributed by atoms with Crippen molar-refractivity contribution in [3.05, 3.63) is 29.6 Å². The second-order valence-electron chi connectivity index (χ2n) is 8.83. The van der Waals surface area contributed by atoms with E-state index in [1.165, 1.54) is 0 Å². The van der Waals surface area contributed by atoms with Crippen LogP contribution in [0.1, 0.15) is 44.4 Å². The molecule has 2 aromatic rings. The third-order valence-corrected chi connectivity index (χ3v) is 5.15. The summed E-state index contributed by atoms with van der Waals surface area (Å²) in [6.07, 6.45) is 6.64. The summed E-state index contributed by atoms with van der Waals surface area (Å²) in [5.41, 5.74) is 1.82. The lowest BCUT2D eigenvalue weighted by atomic mass is 10.2. The van der Waals surface area contributed by atoms with E-state index in [2.05, 4.69) is 10.3 Å². The van der Waals surface area contributed by atoms with E-state index in [4.69, 9.17) is 14.7 Å². The van der Waals surface area contributed by atoms with Crippen LogP contribution in [0, 0.1) is 0 Å². The molecule has 30 heavy (non-hydrogen) atoms. The highest BCUT2D eigenvalue weighted by Gasteiger charge is 2.26. The Hall–Kier alpha value is -2.74. The topological polar surface area (TPSA) is 100 Å². The van der Waals surface area contributed by atoms with Gasteiger partial charge in [-0.2, -0.15) is 0 Å². The van der Waals surface area contributed by atoms with Crippen LogP contribution in [-0.2, 0) is 17.6 Å². The van der Waals surface area contributed by atoms with E-state index in [1.807, 2.05) is 11.9 Å². The molecule has 8 heteroatoms. The number of rotatable bonds is 8. The largest absolute Gasteiger partial charge is 0.490 e. The molecule has 0 saturated heterocycles. The minimum atomic E-state index is -0.926. The molecular formula is C22H29N5O3. The van der Waals surface area contributed by atoms with Crippen molar-refractivity contribution in [1.82, 2.24) is 20.3 Å². The molecule has 2 aromatic heterocycles. The van der Waals surface area contributed by atoms with Crippen molar-refractivity contribution in [2.24, 2.45) is 0 Å². The number of fused-ring (bicyclic) bond motifs is 1. The number of anilines is 1. The molecule has 1 amide bonds. The molecular weight excluding hydrogens is 382 g/mol. The van der Waals surface area contributed by atoms with E-state index >= 15 is 0 Å². The number of carbonyl (C=O) groups excluding carboxylic acids is 1. The molecule has 2 aliphatic rings. The number of carbonyl (C=O) groups is 1. The lowest BCUT2D eigenvalue weighted by Gasteiger charge is -2.21. The van der Waals surface area contributed by atoms with Crippen LogP contribution in [0.5, 0.6) is 5.75 Å². The zero-order valence-corrected chi connectivity index (χ0v) is 17.8. The van der Waals surface area contributed by atoms with Crippen LogP contribution in [-0.4, -0.2) is 57.8 Å². The normalized spacial score (nSPS) is 15.6. The Bertz CT molecular complexity index is 937. The molecule has 2 heterocycles. The molecule has 0 aliphatic heterocycles. The van der Waals surface area contributed by atoms with Gasteiger partial charge in [0.05, 0.1) is 12.1 Å². The molecule has 0 spiro atoms. The first kappa shape index (κ1) is 20.5. The summed E-state index contributed by atoms with van der Waals surface area (Å²) >= 11 is 0. The van der Waals surface area contributed by atoms with E-state index < -0.39 is 5.60 Å². The summed E-state index contributed by atoms with van der Waals surface area (Å²) in [5.74, 6) is 1.94. The monoisotopic (exact) mass is 411 g/mol. The average Bonchev–Trinajstić information content (AvgIpc) is 3.37. The fourth-order valence-electron chi connectivity index (χ4n) is 3.52. The molecule has 1 saturated carbocycles. The number of ether oxygens (including phenoxy) is 1. The second-order valence-corrected chi connectivity index (χ2v) is 8.83. The lowest BCUT2D eigenvalue weighted by molar-refractivity contribution is -0.119. The van der Waals surface area contributed by atoms with Gasteiger partial charge in [-0.15, -0.1) is 0 Å². The maximum atomic E-state index is 12.3. The van der Waals surface area contributed by atoms with Crippen molar-refractivity contribution in [1.29, 1.82) is 0 Å². The van der Waals surface area contributed by atoms with Gasteiger partial charge in [-0.25, -0.2) is 9.97 Å². The first-order valence-corrected chi connectivity index (χ1v) is 10.5. The fourth-order valence-corrected chi connectivity index (χ4v) is 3.52. The molecule has 0 aromatic carbocycles. The molecule has 0 unspecified atom stereocenters. The van der Waals surface area contributed by atoms with Gasteiger partial charge in [0, 0.05) is 36.6 Å². The quantitative estimate of drug-likeness (QED) is 0.684. The molecule has 2 aliphatic carbocycles. The van der Waals surface area contributed by atoms with E-state index in [0.29, 0.717) is 23.3 Å². The van der Waals surface area contributed by atoms with Gasteiger partial charge in [0.2, 0.25) is 5.91 Å². The molecule has 8 nitrogen and oxygen atoms in total. The van der Waals surface area contributed by atoms with Crippen molar-refractivity contribution < 1.29 is 14.6 Å². The minimum absolute atomic E-state index is 0.0204. The summed E-state index contributed by atoms with van der Waals surface area (Å²) in [6, 6.07) is 3.87. The van der Waals surface area contributed by atoms with Crippen LogP contribution >= 0.6 is 0 Å². The zero-order valence-electron chi connectivity index (χ0n) is 17.8. The van der Waals surface area contributed by atoms with Crippen molar-refractivity contribution in [2.75, 3.05) is 25.1 Å². The molecule has 1 fully saturated rings. The number of nitrogens with zero attached hydrogens (tertiary/aromatic N) is 4. The van der Waals surface area contributed by atoms with E-state index in [9.17, 15) is 9.90 Å². The molecule has 0 radical (unpaired) electrons. The molecule has 2 N–H and O–H groups in total. The van der Waals surface area contributed by atoms with Crippen LogP contribution < -0.4 is 15.0 Å². The average molecular weight is 412 g/mol. The minimum Gasteiger partial charge on any atom is -0.490 e. The third kappa shape index (κ3) is 5.05. The van der Waals surface area contributed by atoms with E-state index in [1.54, 1.807) is 32.2 Å². The Morgan fingerprint density at radius 3 is 2.87 bits per heavy atom. The standard InChI is InChI=1S/C22H29N5O3/c1-22(2,29)13-30-15-9-10-23-18(11-15)20-25-17-6-4-5-16(17)21(26-20)27(3)12-19(28)24-14-7-8-14/h9-11,14,29H,4-8,12-13H2,1-3H3,(H,24,28). The zero-order chi connectivity index (χ0) is 21.3. The fraction of sp³-hybridized carbons (Fsp3) is 0.545. The van der Waals surface area contributed by atoms with Crippen molar-refractivity contribution in [2.45, 2.75) is 57.6 Å². The van der Waals surface area contributed by atoms with E-state index in [0.717, 1.165) is 49.2 Å². The first-order chi connectivity index (χ1) is 14.3. The highest BCUT2D eigenvalue weighted by atomic mass is 16.5. The summed E-state index contributed by atoms with van der Waals surface area (Å²) in [6.45, 7) is 3.83. The van der Waals surface area contributed by atoms with Gasteiger partial charge in [0.25, 0.3) is 0 Å². The smallest absolute Gasteiger partial charge is 0.239 e. The van der Waals surface area contributed by atoms with Crippen molar-refractivity contribution in [3.63, 3.8) is 0 Å². The SMILES string of the molecule is CN(CC(=O)NC1CC1)c1nc(-c2cc(OCC(C)(C)O)ccn2)nc2c1CCC2. The number of hydrogen-bond acceptors (Lipinski definition) is 7. The molecule has 160 valence electrons. The van der Waals surface area contributed by atoms with Crippen molar-refractivity contribution in [3.8, 4) is 17.3 Å². The van der Waals surface area contributed by atoms with Crippen LogP contribution in [0.4, 0.5) is 5.82 Å². The molecule has 4 rings (SSSR count). The predicted molar refractivity (Wildman–Crippen MR) is 114 cm³/mol. The maximum absolute atomic E-state index is 12.3. The van der Waals surface area contributed by atoms with Gasteiger partial charge in [-0.3, -0.25) is 9.78 Å². The van der Waals surface area contributed by atoms with Gasteiger partial charge in [0.1, 0.15) is 23.9 Å². The van der Waals surface area contributed by atoms with Gasteiger partial charge < -0.3 is 20.1 Å². The highest BCUT2D eigenvalue weighted by Crippen LogP contribution is 2.31. The summed E-state index contributed by atoms with van der Waals surface area (Å²) in [5, 5.41) is 12.9. The molecule has 0 bridgehead atoms. The lowest BCUT2D eigenvalue weighted by Crippen LogP contribution is -2.37. The second kappa shape index (κ2) is 8.18. The van der Waals surface area contributed by atoms with E-state index in [-0.39, 0.29) is 19.1 Å². The van der Waals surface area contributed by atoms with Crippen LogP contribution in [0.25, 0.3) is 11.5 Å². The number of aliphatic hydroxyl groups is 1. The number of nitrogens with one attached hydrogen (secondary N) is 1. The number of aryl methyl sites for hydroxylation is 1. The number of amides is 1.